The Labute approximate surface area is 136 Å². The lowest BCUT2D eigenvalue weighted by Gasteiger charge is -2.09. The van der Waals surface area contributed by atoms with Crippen molar-refractivity contribution in [2.24, 2.45) is 0 Å². The number of ether oxygens (including phenoxy) is 1. The van der Waals surface area contributed by atoms with E-state index >= 15 is 0 Å². The largest absolute Gasteiger partial charge is 0.493 e. The van der Waals surface area contributed by atoms with Crippen LogP contribution in [0.25, 0.3) is 0 Å². The molecule has 1 amide bonds. The number of halogens is 2. The first kappa shape index (κ1) is 15.7. The molecule has 3 N–H and O–H groups in total. The number of anilines is 2. The molecule has 0 radical (unpaired) electrons. The summed E-state index contributed by atoms with van der Waals surface area (Å²) in [6.45, 7) is 0.293. The van der Waals surface area contributed by atoms with E-state index in [1.165, 1.54) is 0 Å². The van der Waals surface area contributed by atoms with Gasteiger partial charge in [0.2, 0.25) is 5.91 Å². The summed E-state index contributed by atoms with van der Waals surface area (Å²) in [6.07, 6.45) is 0.234. The van der Waals surface area contributed by atoms with E-state index in [1.807, 2.05) is 24.3 Å². The maximum absolute atomic E-state index is 11.8. The van der Waals surface area contributed by atoms with Gasteiger partial charge in [-0.05, 0) is 42.5 Å². The molecule has 2 rings (SSSR count). The number of benzene rings is 2. The fraction of sp³-hybridized carbons (Fsp3) is 0.133. The zero-order valence-corrected chi connectivity index (χ0v) is 13.4. The molecule has 0 heterocycles. The van der Waals surface area contributed by atoms with Gasteiger partial charge in [-0.3, -0.25) is 4.79 Å². The molecule has 2 aromatic carbocycles. The minimum absolute atomic E-state index is 0.166. The Bertz CT molecular complexity index is 632. The molecule has 0 aromatic heterocycles. The summed E-state index contributed by atoms with van der Waals surface area (Å²) in [6, 6.07) is 12.4. The third kappa shape index (κ3) is 4.95. The molecule has 0 aliphatic heterocycles. The first-order valence-electron chi connectivity index (χ1n) is 6.28. The molecule has 0 aliphatic rings. The Balaban J connectivity index is 1.81. The van der Waals surface area contributed by atoms with E-state index in [4.69, 9.17) is 22.1 Å². The Morgan fingerprint density at radius 1 is 1.24 bits per heavy atom. The van der Waals surface area contributed by atoms with Gasteiger partial charge in [0.25, 0.3) is 0 Å². The monoisotopic (exact) mass is 368 g/mol. The van der Waals surface area contributed by atoms with E-state index in [0.29, 0.717) is 23.0 Å². The van der Waals surface area contributed by atoms with Crippen molar-refractivity contribution in [3.8, 4) is 5.75 Å². The quantitative estimate of drug-likeness (QED) is 0.780. The van der Waals surface area contributed by atoms with Crippen LogP contribution in [0.5, 0.6) is 5.75 Å². The SMILES string of the molecule is Nc1cc(Cl)ccc1NC(=O)CCOc1ccc(Br)cc1. The Morgan fingerprint density at radius 2 is 1.95 bits per heavy atom. The summed E-state index contributed by atoms with van der Waals surface area (Å²) >= 11 is 9.14. The minimum atomic E-state index is -0.166. The molecule has 110 valence electrons. The summed E-state index contributed by atoms with van der Waals surface area (Å²) < 4.78 is 6.46. The third-order valence-electron chi connectivity index (χ3n) is 2.70. The van der Waals surface area contributed by atoms with E-state index in [1.54, 1.807) is 18.2 Å². The average molecular weight is 370 g/mol. The molecule has 4 nitrogen and oxygen atoms in total. The fourth-order valence-electron chi connectivity index (χ4n) is 1.65. The summed E-state index contributed by atoms with van der Waals surface area (Å²) in [4.78, 5) is 11.8. The van der Waals surface area contributed by atoms with Crippen molar-refractivity contribution in [3.63, 3.8) is 0 Å². The topological polar surface area (TPSA) is 64.3 Å². The van der Waals surface area contributed by atoms with Crippen LogP contribution in [0, 0.1) is 0 Å². The van der Waals surface area contributed by atoms with E-state index in [0.717, 1.165) is 10.2 Å². The van der Waals surface area contributed by atoms with Gasteiger partial charge in [-0.1, -0.05) is 27.5 Å². The fourth-order valence-corrected chi connectivity index (χ4v) is 2.10. The number of hydrogen-bond donors (Lipinski definition) is 2. The highest BCUT2D eigenvalue weighted by molar-refractivity contribution is 9.10. The maximum Gasteiger partial charge on any atom is 0.227 e. The minimum Gasteiger partial charge on any atom is -0.493 e. The van der Waals surface area contributed by atoms with Crippen molar-refractivity contribution in [1.82, 2.24) is 0 Å². The Kier molecular flexibility index (Phi) is 5.47. The van der Waals surface area contributed by atoms with Crippen LogP contribution < -0.4 is 15.8 Å². The Hall–Kier alpha value is -1.72. The van der Waals surface area contributed by atoms with Gasteiger partial charge in [-0.25, -0.2) is 0 Å². The highest BCUT2D eigenvalue weighted by Crippen LogP contribution is 2.22. The molecular formula is C15H14BrClN2O2. The third-order valence-corrected chi connectivity index (χ3v) is 3.46. The van der Waals surface area contributed by atoms with Gasteiger partial charge in [-0.2, -0.15) is 0 Å². The Morgan fingerprint density at radius 3 is 2.62 bits per heavy atom. The van der Waals surface area contributed by atoms with Gasteiger partial charge in [-0.15, -0.1) is 0 Å². The van der Waals surface area contributed by atoms with Crippen LogP contribution in [0.1, 0.15) is 6.42 Å². The van der Waals surface area contributed by atoms with Crippen molar-refractivity contribution in [3.05, 3.63) is 52.0 Å². The molecule has 6 heteroatoms. The lowest BCUT2D eigenvalue weighted by atomic mass is 10.2. The molecule has 21 heavy (non-hydrogen) atoms. The van der Waals surface area contributed by atoms with Crippen LogP contribution in [-0.4, -0.2) is 12.5 Å². The highest BCUT2D eigenvalue weighted by Gasteiger charge is 2.06. The second-order valence-electron chi connectivity index (χ2n) is 4.33. The van der Waals surface area contributed by atoms with Crippen LogP contribution in [0.4, 0.5) is 11.4 Å². The van der Waals surface area contributed by atoms with Gasteiger partial charge in [0.1, 0.15) is 5.75 Å². The first-order valence-corrected chi connectivity index (χ1v) is 7.45. The number of carbonyl (C=O) groups is 1. The van der Waals surface area contributed by atoms with Crippen LogP contribution in [0.15, 0.2) is 46.9 Å². The number of hydrogen-bond acceptors (Lipinski definition) is 3. The summed E-state index contributed by atoms with van der Waals surface area (Å²) in [5, 5.41) is 3.25. The predicted molar refractivity (Wildman–Crippen MR) is 88.7 cm³/mol. The van der Waals surface area contributed by atoms with Crippen LogP contribution in [-0.2, 0) is 4.79 Å². The molecular weight excluding hydrogens is 356 g/mol. The van der Waals surface area contributed by atoms with E-state index in [-0.39, 0.29) is 12.3 Å². The molecule has 0 fully saturated rings. The number of carbonyl (C=O) groups excluding carboxylic acids is 1. The molecule has 0 saturated heterocycles. The number of amides is 1. The number of rotatable bonds is 5. The van der Waals surface area contributed by atoms with Crippen molar-refractivity contribution < 1.29 is 9.53 Å². The molecule has 0 aliphatic carbocycles. The molecule has 0 bridgehead atoms. The first-order chi connectivity index (χ1) is 10.0. The van der Waals surface area contributed by atoms with E-state index < -0.39 is 0 Å². The molecule has 0 saturated carbocycles. The molecule has 2 aromatic rings. The van der Waals surface area contributed by atoms with Gasteiger partial charge in [0.15, 0.2) is 0 Å². The summed E-state index contributed by atoms with van der Waals surface area (Å²) in [5.74, 6) is 0.554. The molecule has 0 unspecified atom stereocenters. The predicted octanol–water partition coefficient (Wildman–Crippen LogP) is 4.09. The van der Waals surface area contributed by atoms with Gasteiger partial charge in [0.05, 0.1) is 24.4 Å². The van der Waals surface area contributed by atoms with Crippen LogP contribution in [0.3, 0.4) is 0 Å². The highest BCUT2D eigenvalue weighted by atomic mass is 79.9. The second kappa shape index (κ2) is 7.33. The van der Waals surface area contributed by atoms with Crippen LogP contribution in [0.2, 0.25) is 5.02 Å². The van der Waals surface area contributed by atoms with E-state index in [2.05, 4.69) is 21.2 Å². The van der Waals surface area contributed by atoms with Gasteiger partial charge < -0.3 is 15.8 Å². The molecule has 0 spiro atoms. The van der Waals surface area contributed by atoms with Crippen molar-refractivity contribution in [2.75, 3.05) is 17.7 Å². The standard InChI is InChI=1S/C15H14BrClN2O2/c16-10-1-4-12(5-2-10)21-8-7-15(20)19-14-6-3-11(17)9-13(14)18/h1-6,9H,7-8,18H2,(H,19,20). The normalized spacial score (nSPS) is 10.2. The number of nitrogens with one attached hydrogen (secondary N) is 1. The van der Waals surface area contributed by atoms with Crippen molar-refractivity contribution >= 4 is 44.8 Å². The number of nitrogen functional groups attached to an aromatic ring is 1. The van der Waals surface area contributed by atoms with Gasteiger partial charge >= 0.3 is 0 Å². The molecule has 0 atom stereocenters. The van der Waals surface area contributed by atoms with Crippen molar-refractivity contribution in [1.29, 1.82) is 0 Å². The summed E-state index contributed by atoms with van der Waals surface area (Å²) in [5.41, 5.74) is 6.75. The summed E-state index contributed by atoms with van der Waals surface area (Å²) in [7, 11) is 0. The zero-order chi connectivity index (χ0) is 15.2. The smallest absolute Gasteiger partial charge is 0.227 e. The van der Waals surface area contributed by atoms with E-state index in [9.17, 15) is 4.79 Å². The van der Waals surface area contributed by atoms with Crippen LogP contribution >= 0.6 is 27.5 Å². The number of nitrogens with two attached hydrogens (primary N) is 1. The zero-order valence-electron chi connectivity index (χ0n) is 11.1. The van der Waals surface area contributed by atoms with Gasteiger partial charge in [0, 0.05) is 9.50 Å². The maximum atomic E-state index is 11.8. The second-order valence-corrected chi connectivity index (χ2v) is 5.68. The lowest BCUT2D eigenvalue weighted by Crippen LogP contribution is -2.16. The lowest BCUT2D eigenvalue weighted by molar-refractivity contribution is -0.116. The average Bonchev–Trinajstić information content (AvgIpc) is 2.44. The van der Waals surface area contributed by atoms with Crippen molar-refractivity contribution in [2.45, 2.75) is 6.42 Å².